The second-order valence-electron chi connectivity index (χ2n) is 2.74. The Morgan fingerprint density at radius 3 is 2.67 bits per heavy atom. The fourth-order valence-corrected chi connectivity index (χ4v) is 1.20. The van der Waals surface area contributed by atoms with Crippen LogP contribution in [0.3, 0.4) is 0 Å². The van der Waals surface area contributed by atoms with Crippen molar-refractivity contribution in [2.24, 2.45) is 0 Å². The Morgan fingerprint density at radius 2 is 2.08 bits per heavy atom. The fraction of sp³-hybridized carbons (Fsp3) is 0.600. The molecule has 1 aliphatic rings. The molecule has 0 bridgehead atoms. The molecule has 2 nitrogen and oxygen atoms in total. The largest absolute Gasteiger partial charge is 0.379 e. The minimum Gasteiger partial charge on any atom is -0.379 e. The van der Waals surface area contributed by atoms with Gasteiger partial charge in [0.25, 0.3) is 0 Å². The van der Waals surface area contributed by atoms with Gasteiger partial charge in [0.15, 0.2) is 0 Å². The Balaban J connectivity index is 2.40. The molecule has 0 N–H and O–H groups in total. The van der Waals surface area contributed by atoms with Crippen LogP contribution < -0.4 is 0 Å². The normalized spacial score (nSPS) is 20.3. The molecule has 2 heteroatoms. The van der Waals surface area contributed by atoms with E-state index >= 15 is 0 Å². The van der Waals surface area contributed by atoms with E-state index in [-0.39, 0.29) is 6.04 Å². The topological polar surface area (TPSA) is 12.5 Å². The molecule has 0 saturated carbocycles. The molecule has 0 radical (unpaired) electrons. The molecule has 12 heavy (non-hydrogen) atoms. The van der Waals surface area contributed by atoms with E-state index in [1.54, 1.807) is 0 Å². The van der Waals surface area contributed by atoms with E-state index in [0.717, 1.165) is 26.3 Å². The van der Waals surface area contributed by atoms with Crippen molar-refractivity contribution in [3.05, 3.63) is 0 Å². The molecule has 1 heterocycles. The summed E-state index contributed by atoms with van der Waals surface area (Å²) < 4.78 is 5.22. The van der Waals surface area contributed by atoms with Crippen LogP contribution in [0.25, 0.3) is 0 Å². The van der Waals surface area contributed by atoms with E-state index in [1.165, 1.54) is 0 Å². The summed E-state index contributed by atoms with van der Waals surface area (Å²) in [6, 6.07) is 0.255. The predicted octanol–water partition coefficient (Wildman–Crippen LogP) is 0.344. The predicted molar refractivity (Wildman–Crippen MR) is 48.5 cm³/mol. The first kappa shape index (κ1) is 9.13. The van der Waals surface area contributed by atoms with Crippen LogP contribution in [-0.4, -0.2) is 37.2 Å². The average molecular weight is 163 g/mol. The van der Waals surface area contributed by atoms with E-state index in [4.69, 9.17) is 11.2 Å². The maximum absolute atomic E-state index is 5.22. The molecule has 1 fully saturated rings. The molecule has 1 rings (SSSR count). The van der Waals surface area contributed by atoms with Gasteiger partial charge in [-0.2, -0.15) is 0 Å². The van der Waals surface area contributed by atoms with Crippen LogP contribution >= 0.6 is 0 Å². The van der Waals surface area contributed by atoms with Gasteiger partial charge in [0.1, 0.15) is 0 Å². The first-order chi connectivity index (χ1) is 5.84. The van der Waals surface area contributed by atoms with Gasteiger partial charge in [-0.1, -0.05) is 5.92 Å². The van der Waals surface area contributed by atoms with Gasteiger partial charge < -0.3 is 4.74 Å². The smallest absolute Gasteiger partial charge is 0.0697 e. The quantitative estimate of drug-likeness (QED) is 0.517. The van der Waals surface area contributed by atoms with Crippen LogP contribution in [0.5, 0.6) is 0 Å². The van der Waals surface area contributed by atoms with Crippen LogP contribution in [0.4, 0.5) is 0 Å². The first-order valence-corrected chi connectivity index (χ1v) is 4.12. The van der Waals surface area contributed by atoms with Crippen molar-refractivity contribution in [2.45, 2.75) is 13.0 Å². The SMILES string of the molecule is C#CC#C[C@@H](C)N1CCOCC1. The number of nitrogens with zero attached hydrogens (tertiary/aromatic N) is 1. The van der Waals surface area contributed by atoms with Gasteiger partial charge in [-0.3, -0.25) is 4.90 Å². The van der Waals surface area contributed by atoms with Gasteiger partial charge in [-0.15, -0.1) is 6.42 Å². The van der Waals surface area contributed by atoms with Crippen molar-refractivity contribution in [3.63, 3.8) is 0 Å². The molecule has 0 aliphatic carbocycles. The molecule has 1 saturated heterocycles. The van der Waals surface area contributed by atoms with Gasteiger partial charge in [0.05, 0.1) is 19.3 Å². The lowest BCUT2D eigenvalue weighted by Gasteiger charge is -2.29. The van der Waals surface area contributed by atoms with Crippen molar-refractivity contribution in [2.75, 3.05) is 26.3 Å². The highest BCUT2D eigenvalue weighted by Gasteiger charge is 2.14. The van der Waals surface area contributed by atoms with Crippen LogP contribution in [-0.2, 0) is 4.74 Å². The monoisotopic (exact) mass is 163 g/mol. The first-order valence-electron chi connectivity index (χ1n) is 4.12. The molecular weight excluding hydrogens is 150 g/mol. The molecule has 1 atom stereocenters. The van der Waals surface area contributed by atoms with E-state index in [9.17, 15) is 0 Å². The zero-order valence-corrected chi connectivity index (χ0v) is 7.34. The van der Waals surface area contributed by atoms with Gasteiger partial charge in [-0.05, 0) is 18.8 Å². The molecule has 0 spiro atoms. The lowest BCUT2D eigenvalue weighted by atomic mass is 10.2. The summed E-state index contributed by atoms with van der Waals surface area (Å²) >= 11 is 0. The second-order valence-corrected chi connectivity index (χ2v) is 2.74. The molecule has 0 aromatic rings. The number of morpholine rings is 1. The second kappa shape index (κ2) is 4.83. The number of ether oxygens (including phenoxy) is 1. The van der Waals surface area contributed by atoms with Crippen molar-refractivity contribution in [1.29, 1.82) is 0 Å². The van der Waals surface area contributed by atoms with E-state index in [1.807, 2.05) is 0 Å². The highest BCUT2D eigenvalue weighted by molar-refractivity contribution is 5.24. The zero-order chi connectivity index (χ0) is 8.81. The Bertz CT molecular complexity index is 224. The third-order valence-electron chi connectivity index (χ3n) is 1.95. The van der Waals surface area contributed by atoms with Crippen molar-refractivity contribution >= 4 is 0 Å². The maximum atomic E-state index is 5.22. The van der Waals surface area contributed by atoms with Crippen LogP contribution in [0.2, 0.25) is 0 Å². The third-order valence-corrected chi connectivity index (χ3v) is 1.95. The Labute approximate surface area is 73.9 Å². The summed E-state index contributed by atoms with van der Waals surface area (Å²) in [6.07, 6.45) is 5.04. The van der Waals surface area contributed by atoms with Gasteiger partial charge in [-0.25, -0.2) is 0 Å². The lowest BCUT2D eigenvalue weighted by Crippen LogP contribution is -2.41. The molecule has 0 aromatic heterocycles. The third kappa shape index (κ3) is 2.58. The summed E-state index contributed by atoms with van der Waals surface area (Å²) in [6.45, 7) is 5.60. The van der Waals surface area contributed by atoms with Crippen molar-refractivity contribution < 1.29 is 4.74 Å². The summed E-state index contributed by atoms with van der Waals surface area (Å²) in [4.78, 5) is 2.27. The summed E-state index contributed by atoms with van der Waals surface area (Å²) in [5.41, 5.74) is 0. The van der Waals surface area contributed by atoms with E-state index in [0.29, 0.717) is 0 Å². The molecule has 0 unspecified atom stereocenters. The van der Waals surface area contributed by atoms with Gasteiger partial charge in [0.2, 0.25) is 0 Å². The Hall–Kier alpha value is -0.960. The van der Waals surface area contributed by atoms with E-state index < -0.39 is 0 Å². The van der Waals surface area contributed by atoms with Crippen molar-refractivity contribution in [3.8, 4) is 24.2 Å². The maximum Gasteiger partial charge on any atom is 0.0697 e. The standard InChI is InChI=1S/C10H13NO/c1-3-4-5-10(2)11-6-8-12-9-7-11/h1,10H,6-9H2,2H3/t10-/m1/s1. The molecule has 0 aromatic carbocycles. The zero-order valence-electron chi connectivity index (χ0n) is 7.34. The molecule has 1 aliphatic heterocycles. The average Bonchev–Trinajstić information content (AvgIpc) is 2.15. The Morgan fingerprint density at radius 1 is 1.42 bits per heavy atom. The number of terminal acetylenes is 1. The minimum absolute atomic E-state index is 0.255. The van der Waals surface area contributed by atoms with Crippen LogP contribution in [0, 0.1) is 24.2 Å². The minimum atomic E-state index is 0.255. The summed E-state index contributed by atoms with van der Waals surface area (Å²) in [7, 11) is 0. The Kier molecular flexibility index (Phi) is 3.67. The highest BCUT2D eigenvalue weighted by atomic mass is 16.5. The molecular formula is C10H13NO. The summed E-state index contributed by atoms with van der Waals surface area (Å²) in [5, 5.41) is 0. The highest BCUT2D eigenvalue weighted by Crippen LogP contribution is 2.01. The summed E-state index contributed by atoms with van der Waals surface area (Å²) in [5.74, 6) is 7.95. The molecule has 64 valence electrons. The lowest BCUT2D eigenvalue weighted by molar-refractivity contribution is 0.0302. The number of hydrogen-bond donors (Lipinski definition) is 0. The van der Waals surface area contributed by atoms with Crippen LogP contribution in [0.1, 0.15) is 6.92 Å². The van der Waals surface area contributed by atoms with Crippen molar-refractivity contribution in [1.82, 2.24) is 4.90 Å². The number of rotatable bonds is 1. The molecule has 0 amide bonds. The van der Waals surface area contributed by atoms with Gasteiger partial charge >= 0.3 is 0 Å². The van der Waals surface area contributed by atoms with Crippen LogP contribution in [0.15, 0.2) is 0 Å². The van der Waals surface area contributed by atoms with Gasteiger partial charge in [0, 0.05) is 13.1 Å². The fourth-order valence-electron chi connectivity index (χ4n) is 1.20. The van der Waals surface area contributed by atoms with E-state index in [2.05, 4.69) is 29.6 Å². The number of hydrogen-bond acceptors (Lipinski definition) is 2.